The Morgan fingerprint density at radius 3 is 2.42 bits per heavy atom. The van der Waals surface area contributed by atoms with Crippen LogP contribution in [0.15, 0.2) is 0 Å². The molecule has 1 aliphatic carbocycles. The van der Waals surface area contributed by atoms with E-state index >= 15 is 0 Å². The number of carbonyl (C=O) groups excluding carboxylic acids is 2. The average molecular weight is 360 g/mol. The van der Waals surface area contributed by atoms with Crippen molar-refractivity contribution in [3.8, 4) is 0 Å². The zero-order valence-electron chi connectivity index (χ0n) is 14.3. The van der Waals surface area contributed by atoms with E-state index in [0.717, 1.165) is 38.5 Å². The number of hydrogen-bond acceptors (Lipinski definition) is 4. The maximum absolute atomic E-state index is 12.8. The molecule has 2 N–H and O–H groups in total. The first-order valence-electron chi connectivity index (χ1n) is 9.08. The van der Waals surface area contributed by atoms with Gasteiger partial charge in [0.25, 0.3) is 0 Å². The van der Waals surface area contributed by atoms with Gasteiger partial charge in [-0.15, -0.1) is 12.4 Å². The molecule has 2 amide bonds. The molecule has 1 unspecified atom stereocenters. The summed E-state index contributed by atoms with van der Waals surface area (Å²) in [6, 6.07) is -0.121. The number of hydrogen-bond donors (Lipinski definition) is 1. The number of amides is 2. The highest BCUT2D eigenvalue weighted by molar-refractivity contribution is 5.88. The fourth-order valence-corrected chi connectivity index (χ4v) is 4.14. The Bertz CT molecular complexity index is 443. The fourth-order valence-electron chi connectivity index (χ4n) is 4.14. The molecule has 7 heteroatoms. The zero-order valence-corrected chi connectivity index (χ0v) is 15.1. The van der Waals surface area contributed by atoms with Gasteiger partial charge in [0.1, 0.15) is 6.04 Å². The highest BCUT2D eigenvalue weighted by Crippen LogP contribution is 2.29. The minimum absolute atomic E-state index is 0. The number of halogens is 1. The number of piperidine rings is 1. The molecule has 2 aliphatic heterocycles. The van der Waals surface area contributed by atoms with Crippen LogP contribution >= 0.6 is 12.4 Å². The smallest absolute Gasteiger partial charge is 0.245 e. The Hall–Kier alpha value is -0.850. The van der Waals surface area contributed by atoms with Crippen molar-refractivity contribution in [2.24, 2.45) is 11.7 Å². The van der Waals surface area contributed by atoms with Gasteiger partial charge >= 0.3 is 0 Å². The van der Waals surface area contributed by atoms with Crippen LogP contribution in [-0.2, 0) is 14.3 Å². The van der Waals surface area contributed by atoms with Crippen LogP contribution in [0.5, 0.6) is 0 Å². The first kappa shape index (κ1) is 19.5. The average Bonchev–Trinajstić information content (AvgIpc) is 3.00. The normalized spacial score (nSPS) is 30.8. The Morgan fingerprint density at radius 2 is 1.75 bits per heavy atom. The molecule has 0 aromatic rings. The highest BCUT2D eigenvalue weighted by atomic mass is 35.5. The van der Waals surface area contributed by atoms with Crippen molar-refractivity contribution in [3.63, 3.8) is 0 Å². The monoisotopic (exact) mass is 359 g/mol. The molecule has 0 bridgehead atoms. The lowest BCUT2D eigenvalue weighted by Crippen LogP contribution is -2.55. The summed E-state index contributed by atoms with van der Waals surface area (Å²) < 4.78 is 5.32. The standard InChI is InChI=1S/C17H29N3O3.ClH/c18-14-5-3-4-13(14)12-16(21)20-7-2-1-6-15(20)17(22)19-8-10-23-11-9-19;/h13-15H,1-12,18H2;1H/t13-,14+,15?;/m0./s1. The third-order valence-electron chi connectivity index (χ3n) is 5.59. The van der Waals surface area contributed by atoms with Crippen LogP contribution in [0.25, 0.3) is 0 Å². The molecule has 3 aliphatic rings. The van der Waals surface area contributed by atoms with Crippen molar-refractivity contribution in [1.29, 1.82) is 0 Å². The van der Waals surface area contributed by atoms with Gasteiger partial charge in [-0.2, -0.15) is 0 Å². The van der Waals surface area contributed by atoms with E-state index in [1.165, 1.54) is 0 Å². The predicted molar refractivity (Wildman–Crippen MR) is 93.9 cm³/mol. The van der Waals surface area contributed by atoms with Crippen molar-refractivity contribution in [2.45, 2.75) is 57.0 Å². The Morgan fingerprint density at radius 1 is 1.00 bits per heavy atom. The molecule has 3 rings (SSSR count). The molecule has 1 saturated carbocycles. The number of nitrogens with zero attached hydrogens (tertiary/aromatic N) is 2. The van der Waals surface area contributed by atoms with Crippen molar-refractivity contribution in [3.05, 3.63) is 0 Å². The molecule has 6 nitrogen and oxygen atoms in total. The van der Waals surface area contributed by atoms with Crippen LogP contribution in [0.2, 0.25) is 0 Å². The van der Waals surface area contributed by atoms with Crippen LogP contribution in [-0.4, -0.2) is 66.5 Å². The molecule has 0 aromatic carbocycles. The Labute approximate surface area is 150 Å². The summed E-state index contributed by atoms with van der Waals surface area (Å²) in [5.74, 6) is 0.527. The number of nitrogens with two attached hydrogens (primary N) is 1. The number of ether oxygens (including phenoxy) is 1. The topological polar surface area (TPSA) is 75.9 Å². The van der Waals surface area contributed by atoms with Crippen molar-refractivity contribution in [2.75, 3.05) is 32.8 Å². The SMILES string of the molecule is Cl.N[C@@H]1CCC[C@H]1CC(=O)N1CCCCC1C(=O)N1CCOCC1. The van der Waals surface area contributed by atoms with Gasteiger partial charge in [-0.25, -0.2) is 0 Å². The Kier molecular flexibility index (Phi) is 7.32. The van der Waals surface area contributed by atoms with Crippen molar-refractivity contribution in [1.82, 2.24) is 9.80 Å². The zero-order chi connectivity index (χ0) is 16.2. The summed E-state index contributed by atoms with van der Waals surface area (Å²) in [5, 5.41) is 0. The largest absolute Gasteiger partial charge is 0.378 e. The van der Waals surface area contributed by atoms with E-state index in [1.807, 2.05) is 9.80 Å². The van der Waals surface area contributed by atoms with E-state index in [1.54, 1.807) is 0 Å². The van der Waals surface area contributed by atoms with E-state index < -0.39 is 0 Å². The summed E-state index contributed by atoms with van der Waals surface area (Å²) in [4.78, 5) is 29.3. The first-order valence-corrected chi connectivity index (χ1v) is 9.08. The third-order valence-corrected chi connectivity index (χ3v) is 5.59. The third kappa shape index (κ3) is 4.41. The maximum Gasteiger partial charge on any atom is 0.245 e. The van der Waals surface area contributed by atoms with Gasteiger partial charge in [-0.3, -0.25) is 9.59 Å². The van der Waals surface area contributed by atoms with Gasteiger partial charge in [-0.05, 0) is 38.0 Å². The van der Waals surface area contributed by atoms with Crippen LogP contribution in [0, 0.1) is 5.92 Å². The summed E-state index contributed by atoms with van der Waals surface area (Å²) in [5.41, 5.74) is 6.11. The number of likely N-dealkylation sites (tertiary alicyclic amines) is 1. The Balaban J connectivity index is 0.00000208. The second-order valence-corrected chi connectivity index (χ2v) is 7.10. The summed E-state index contributed by atoms with van der Waals surface area (Å²) in [6.07, 6.45) is 6.50. The summed E-state index contributed by atoms with van der Waals surface area (Å²) in [7, 11) is 0. The molecular formula is C17H30ClN3O3. The predicted octanol–water partition coefficient (Wildman–Crippen LogP) is 1.17. The molecule has 2 heterocycles. The fraction of sp³-hybridized carbons (Fsp3) is 0.882. The summed E-state index contributed by atoms with van der Waals surface area (Å²) in [6.45, 7) is 3.20. The molecule has 3 fully saturated rings. The minimum Gasteiger partial charge on any atom is -0.378 e. The van der Waals surface area contributed by atoms with E-state index in [2.05, 4.69) is 0 Å². The lowest BCUT2D eigenvalue weighted by molar-refractivity contribution is -0.150. The van der Waals surface area contributed by atoms with Gasteiger partial charge in [0, 0.05) is 32.1 Å². The van der Waals surface area contributed by atoms with Crippen LogP contribution < -0.4 is 5.73 Å². The molecule has 3 atom stereocenters. The number of rotatable bonds is 3. The minimum atomic E-state index is -0.271. The molecule has 138 valence electrons. The molecule has 0 radical (unpaired) electrons. The summed E-state index contributed by atoms with van der Waals surface area (Å²) >= 11 is 0. The van der Waals surface area contributed by atoms with Crippen LogP contribution in [0.4, 0.5) is 0 Å². The molecular weight excluding hydrogens is 330 g/mol. The van der Waals surface area contributed by atoms with E-state index in [9.17, 15) is 9.59 Å². The highest BCUT2D eigenvalue weighted by Gasteiger charge is 2.37. The van der Waals surface area contributed by atoms with Gasteiger partial charge in [0.05, 0.1) is 13.2 Å². The van der Waals surface area contributed by atoms with Crippen LogP contribution in [0.1, 0.15) is 44.9 Å². The second-order valence-electron chi connectivity index (χ2n) is 7.10. The molecule has 0 aromatic heterocycles. The van der Waals surface area contributed by atoms with E-state index in [4.69, 9.17) is 10.5 Å². The van der Waals surface area contributed by atoms with Gasteiger partial charge in [-0.1, -0.05) is 6.42 Å². The lowest BCUT2D eigenvalue weighted by Gasteiger charge is -2.39. The van der Waals surface area contributed by atoms with Gasteiger partial charge < -0.3 is 20.3 Å². The van der Waals surface area contributed by atoms with Crippen molar-refractivity contribution >= 4 is 24.2 Å². The first-order chi connectivity index (χ1) is 11.2. The second kappa shape index (κ2) is 9.02. The van der Waals surface area contributed by atoms with Crippen LogP contribution in [0.3, 0.4) is 0 Å². The lowest BCUT2D eigenvalue weighted by atomic mass is 9.96. The molecule has 2 saturated heterocycles. The van der Waals surface area contributed by atoms with Crippen molar-refractivity contribution < 1.29 is 14.3 Å². The number of carbonyl (C=O) groups is 2. The number of morpholine rings is 1. The van der Waals surface area contributed by atoms with E-state index in [-0.39, 0.29) is 36.3 Å². The van der Waals surface area contributed by atoms with Gasteiger partial charge in [0.15, 0.2) is 0 Å². The molecule has 24 heavy (non-hydrogen) atoms. The van der Waals surface area contributed by atoms with Gasteiger partial charge in [0.2, 0.25) is 11.8 Å². The van der Waals surface area contributed by atoms with E-state index in [0.29, 0.717) is 45.2 Å². The molecule has 0 spiro atoms. The quantitative estimate of drug-likeness (QED) is 0.820. The maximum atomic E-state index is 12.8.